The van der Waals surface area contributed by atoms with E-state index in [1.54, 1.807) is 35.9 Å². The maximum Gasteiger partial charge on any atom is 0.270 e. The zero-order chi connectivity index (χ0) is 21.4. The van der Waals surface area contributed by atoms with Gasteiger partial charge in [0.15, 0.2) is 6.61 Å². The molecule has 0 radical (unpaired) electrons. The fourth-order valence-electron chi connectivity index (χ4n) is 2.75. The molecule has 0 saturated carbocycles. The SMILES string of the molecule is CCNC(=O)CN(CC)C(=O)COc1ccc(C(=O)Nn2c(C)ccc2C)cc1. The van der Waals surface area contributed by atoms with Crippen molar-refractivity contribution in [2.75, 3.05) is 31.7 Å². The first-order valence-corrected chi connectivity index (χ1v) is 9.59. The first-order valence-electron chi connectivity index (χ1n) is 9.59. The molecule has 0 fully saturated rings. The van der Waals surface area contributed by atoms with Gasteiger partial charge in [0.05, 0.1) is 6.54 Å². The highest BCUT2D eigenvalue weighted by molar-refractivity contribution is 6.00. The van der Waals surface area contributed by atoms with E-state index in [-0.39, 0.29) is 30.9 Å². The summed E-state index contributed by atoms with van der Waals surface area (Å²) in [6.07, 6.45) is 0. The van der Waals surface area contributed by atoms with E-state index in [0.717, 1.165) is 11.4 Å². The Bertz CT molecular complexity index is 839. The smallest absolute Gasteiger partial charge is 0.270 e. The Kier molecular flexibility index (Phi) is 7.82. The third-order valence-electron chi connectivity index (χ3n) is 4.41. The molecular formula is C21H28N4O4. The molecule has 2 rings (SSSR count). The predicted octanol–water partition coefficient (Wildman–Crippen LogP) is 1.85. The predicted molar refractivity (Wildman–Crippen MR) is 110 cm³/mol. The lowest BCUT2D eigenvalue weighted by atomic mass is 10.2. The zero-order valence-corrected chi connectivity index (χ0v) is 17.3. The molecule has 0 spiro atoms. The fraction of sp³-hybridized carbons (Fsp3) is 0.381. The molecule has 8 heteroatoms. The molecule has 0 bridgehead atoms. The van der Waals surface area contributed by atoms with Crippen molar-refractivity contribution in [2.24, 2.45) is 0 Å². The summed E-state index contributed by atoms with van der Waals surface area (Å²) in [5, 5.41) is 2.67. The number of aromatic nitrogens is 1. The van der Waals surface area contributed by atoms with Crippen LogP contribution in [0.2, 0.25) is 0 Å². The quantitative estimate of drug-likeness (QED) is 0.672. The van der Waals surface area contributed by atoms with Crippen LogP contribution >= 0.6 is 0 Å². The number of amides is 3. The second kappa shape index (κ2) is 10.3. The Morgan fingerprint density at radius 2 is 1.62 bits per heavy atom. The second-order valence-electron chi connectivity index (χ2n) is 6.57. The molecule has 3 amide bonds. The lowest BCUT2D eigenvalue weighted by Crippen LogP contribution is -2.42. The molecule has 2 N–H and O–H groups in total. The van der Waals surface area contributed by atoms with Gasteiger partial charge in [-0.05, 0) is 64.1 Å². The van der Waals surface area contributed by atoms with Gasteiger partial charge in [-0.3, -0.25) is 24.5 Å². The number of rotatable bonds is 9. The van der Waals surface area contributed by atoms with Crippen LogP contribution < -0.4 is 15.5 Å². The number of hydrogen-bond donors (Lipinski definition) is 2. The van der Waals surface area contributed by atoms with Gasteiger partial charge >= 0.3 is 0 Å². The van der Waals surface area contributed by atoms with Gasteiger partial charge < -0.3 is 15.0 Å². The minimum absolute atomic E-state index is 0.00384. The monoisotopic (exact) mass is 400 g/mol. The van der Waals surface area contributed by atoms with Gasteiger partial charge in [-0.25, -0.2) is 0 Å². The Hall–Kier alpha value is -3.29. The van der Waals surface area contributed by atoms with Crippen molar-refractivity contribution in [3.63, 3.8) is 0 Å². The highest BCUT2D eigenvalue weighted by Gasteiger charge is 2.16. The van der Waals surface area contributed by atoms with E-state index < -0.39 is 0 Å². The first-order chi connectivity index (χ1) is 13.8. The van der Waals surface area contributed by atoms with Gasteiger partial charge in [-0.2, -0.15) is 0 Å². The Balaban J connectivity index is 1.90. The third-order valence-corrected chi connectivity index (χ3v) is 4.41. The standard InChI is InChI=1S/C21H28N4O4/c1-5-22-19(26)13-24(6-2)20(27)14-29-18-11-9-17(10-12-18)21(28)23-25-15(3)7-8-16(25)4/h7-12H,5-6,13-14H2,1-4H3,(H,22,26)(H,23,28). The maximum atomic E-state index is 12.4. The summed E-state index contributed by atoms with van der Waals surface area (Å²) in [4.78, 5) is 37.8. The van der Waals surface area contributed by atoms with E-state index in [1.807, 2.05) is 32.9 Å². The van der Waals surface area contributed by atoms with E-state index in [4.69, 9.17) is 4.74 Å². The van der Waals surface area contributed by atoms with Crippen LogP contribution in [0.15, 0.2) is 36.4 Å². The molecule has 156 valence electrons. The largest absolute Gasteiger partial charge is 0.484 e. The maximum absolute atomic E-state index is 12.4. The van der Waals surface area contributed by atoms with E-state index in [2.05, 4.69) is 10.7 Å². The number of likely N-dealkylation sites (N-methyl/N-ethyl adjacent to an activating group) is 2. The van der Waals surface area contributed by atoms with E-state index in [0.29, 0.717) is 24.4 Å². The number of benzene rings is 1. The Labute approximate surface area is 170 Å². The first kappa shape index (κ1) is 22.0. The molecule has 0 aliphatic heterocycles. The minimum Gasteiger partial charge on any atom is -0.484 e. The molecular weight excluding hydrogens is 372 g/mol. The van der Waals surface area contributed by atoms with Crippen LogP contribution in [0.5, 0.6) is 5.75 Å². The molecule has 0 aliphatic rings. The average Bonchev–Trinajstić information content (AvgIpc) is 3.02. The van der Waals surface area contributed by atoms with Gasteiger partial charge in [0.25, 0.3) is 11.8 Å². The van der Waals surface area contributed by atoms with Gasteiger partial charge in [0.1, 0.15) is 5.75 Å². The summed E-state index contributed by atoms with van der Waals surface area (Å²) in [6.45, 7) is 8.20. The van der Waals surface area contributed by atoms with E-state index in [1.165, 1.54) is 4.90 Å². The number of carbonyl (C=O) groups excluding carboxylic acids is 3. The number of carbonyl (C=O) groups is 3. The molecule has 1 aromatic carbocycles. The molecule has 8 nitrogen and oxygen atoms in total. The number of hydrogen-bond acceptors (Lipinski definition) is 4. The van der Waals surface area contributed by atoms with Gasteiger partial charge in [0, 0.05) is 30.0 Å². The van der Waals surface area contributed by atoms with Gasteiger partial charge in [0.2, 0.25) is 5.91 Å². The van der Waals surface area contributed by atoms with Crippen LogP contribution in [0.25, 0.3) is 0 Å². The van der Waals surface area contributed by atoms with Crippen molar-refractivity contribution in [1.29, 1.82) is 0 Å². The normalized spacial score (nSPS) is 10.3. The summed E-state index contributed by atoms with van der Waals surface area (Å²) < 4.78 is 7.23. The van der Waals surface area contributed by atoms with Crippen LogP contribution in [-0.2, 0) is 9.59 Å². The highest BCUT2D eigenvalue weighted by Crippen LogP contribution is 2.13. The van der Waals surface area contributed by atoms with Gasteiger partial charge in [-0.1, -0.05) is 0 Å². The zero-order valence-electron chi connectivity index (χ0n) is 17.3. The Morgan fingerprint density at radius 3 is 2.17 bits per heavy atom. The van der Waals surface area contributed by atoms with Crippen LogP contribution in [0, 0.1) is 13.8 Å². The molecule has 1 aromatic heterocycles. The van der Waals surface area contributed by atoms with E-state index >= 15 is 0 Å². The van der Waals surface area contributed by atoms with Crippen molar-refractivity contribution in [3.8, 4) is 5.75 Å². The molecule has 29 heavy (non-hydrogen) atoms. The molecule has 1 heterocycles. The average molecular weight is 400 g/mol. The molecule has 2 aromatic rings. The fourth-order valence-corrected chi connectivity index (χ4v) is 2.75. The lowest BCUT2D eigenvalue weighted by molar-refractivity contribution is -0.137. The van der Waals surface area contributed by atoms with Crippen LogP contribution in [-0.4, -0.2) is 53.5 Å². The number of nitrogens with zero attached hydrogens (tertiary/aromatic N) is 2. The number of nitrogens with one attached hydrogen (secondary N) is 2. The van der Waals surface area contributed by atoms with Crippen molar-refractivity contribution in [2.45, 2.75) is 27.7 Å². The van der Waals surface area contributed by atoms with Crippen LogP contribution in [0.4, 0.5) is 0 Å². The lowest BCUT2D eigenvalue weighted by Gasteiger charge is -2.20. The number of aryl methyl sites for hydroxylation is 2. The number of ether oxygens (including phenoxy) is 1. The molecule has 0 saturated heterocycles. The Morgan fingerprint density at radius 1 is 1.00 bits per heavy atom. The summed E-state index contributed by atoms with van der Waals surface area (Å²) in [6, 6.07) is 10.4. The van der Waals surface area contributed by atoms with E-state index in [9.17, 15) is 14.4 Å². The van der Waals surface area contributed by atoms with Gasteiger partial charge in [-0.15, -0.1) is 0 Å². The van der Waals surface area contributed by atoms with Crippen molar-refractivity contribution in [1.82, 2.24) is 14.9 Å². The highest BCUT2D eigenvalue weighted by atomic mass is 16.5. The molecule has 0 atom stereocenters. The summed E-state index contributed by atoms with van der Waals surface area (Å²) in [7, 11) is 0. The van der Waals surface area contributed by atoms with Crippen LogP contribution in [0.1, 0.15) is 35.6 Å². The molecule has 0 aliphatic carbocycles. The summed E-state index contributed by atoms with van der Waals surface area (Å²) >= 11 is 0. The summed E-state index contributed by atoms with van der Waals surface area (Å²) in [5.41, 5.74) is 5.17. The van der Waals surface area contributed by atoms with Crippen molar-refractivity contribution < 1.29 is 19.1 Å². The molecule has 0 unspecified atom stereocenters. The topological polar surface area (TPSA) is 92.7 Å². The van der Waals surface area contributed by atoms with Crippen LogP contribution in [0.3, 0.4) is 0 Å². The summed E-state index contributed by atoms with van der Waals surface area (Å²) in [5.74, 6) is -0.253. The van der Waals surface area contributed by atoms with Crippen molar-refractivity contribution in [3.05, 3.63) is 53.3 Å². The second-order valence-corrected chi connectivity index (χ2v) is 6.57. The van der Waals surface area contributed by atoms with Crippen molar-refractivity contribution >= 4 is 17.7 Å². The third kappa shape index (κ3) is 6.10. The minimum atomic E-state index is -0.279.